The summed E-state index contributed by atoms with van der Waals surface area (Å²) in [7, 11) is 0. The second kappa shape index (κ2) is 5.13. The molecular weight excluding hydrogens is 332 g/mol. The van der Waals surface area contributed by atoms with Crippen LogP contribution in [0.2, 0.25) is 0 Å². The fourth-order valence-corrected chi connectivity index (χ4v) is 3.60. The molecule has 2 amide bonds. The number of nitrogens with one attached hydrogen (secondary N) is 1. The van der Waals surface area contributed by atoms with Crippen molar-refractivity contribution in [2.45, 2.75) is 51.1 Å². The van der Waals surface area contributed by atoms with Gasteiger partial charge < -0.3 is 5.32 Å². The van der Waals surface area contributed by atoms with Crippen LogP contribution in [0.25, 0.3) is 0 Å². The van der Waals surface area contributed by atoms with E-state index in [0.29, 0.717) is 0 Å². The molecule has 1 aromatic rings. The fraction of sp³-hybridized carbons (Fsp3) is 0.500. The lowest BCUT2D eigenvalue weighted by atomic mass is 9.90. The second-order valence-electron chi connectivity index (χ2n) is 6.06. The van der Waals surface area contributed by atoms with Crippen molar-refractivity contribution in [2.75, 3.05) is 4.90 Å². The number of rotatable bonds is 1. The molecule has 1 N–H and O–H groups in total. The summed E-state index contributed by atoms with van der Waals surface area (Å²) in [6.07, 6.45) is 3.48. The van der Waals surface area contributed by atoms with Gasteiger partial charge in [0.1, 0.15) is 11.6 Å². The van der Waals surface area contributed by atoms with Crippen LogP contribution in [0.5, 0.6) is 0 Å². The summed E-state index contributed by atoms with van der Waals surface area (Å²) in [6, 6.07) is 5.31. The molecule has 1 spiro atoms. The third kappa shape index (κ3) is 2.27. The van der Waals surface area contributed by atoms with E-state index in [1.807, 2.05) is 25.1 Å². The van der Waals surface area contributed by atoms with Crippen LogP contribution in [0.1, 0.15) is 38.2 Å². The molecule has 4 nitrogen and oxygen atoms in total. The van der Waals surface area contributed by atoms with Crippen molar-refractivity contribution in [1.82, 2.24) is 5.32 Å². The molecule has 112 valence electrons. The van der Waals surface area contributed by atoms with Crippen LogP contribution in [-0.4, -0.2) is 23.4 Å². The summed E-state index contributed by atoms with van der Waals surface area (Å²) >= 11 is 3.47. The minimum absolute atomic E-state index is 0.0359. The molecule has 0 bridgehead atoms. The van der Waals surface area contributed by atoms with Crippen LogP contribution in [0.15, 0.2) is 22.7 Å². The van der Waals surface area contributed by atoms with E-state index in [2.05, 4.69) is 21.2 Å². The number of piperazine rings is 1. The zero-order chi connectivity index (χ0) is 15.2. The molecule has 5 heteroatoms. The van der Waals surface area contributed by atoms with Gasteiger partial charge in [-0.15, -0.1) is 0 Å². The Morgan fingerprint density at radius 2 is 1.95 bits per heavy atom. The van der Waals surface area contributed by atoms with Crippen LogP contribution in [-0.2, 0) is 9.59 Å². The van der Waals surface area contributed by atoms with Gasteiger partial charge in [0.25, 0.3) is 5.91 Å². The van der Waals surface area contributed by atoms with Crippen LogP contribution < -0.4 is 10.2 Å². The molecule has 2 fully saturated rings. The van der Waals surface area contributed by atoms with Crippen LogP contribution >= 0.6 is 15.9 Å². The largest absolute Gasteiger partial charge is 0.340 e. The molecule has 1 saturated heterocycles. The molecule has 21 heavy (non-hydrogen) atoms. The van der Waals surface area contributed by atoms with E-state index < -0.39 is 11.6 Å². The minimum atomic E-state index is -0.676. The van der Waals surface area contributed by atoms with Gasteiger partial charge in [-0.05, 0) is 50.5 Å². The van der Waals surface area contributed by atoms with Gasteiger partial charge in [-0.2, -0.15) is 0 Å². The first kappa shape index (κ1) is 14.6. The lowest BCUT2D eigenvalue weighted by molar-refractivity contribution is -0.137. The number of amides is 2. The average molecular weight is 351 g/mol. The first-order chi connectivity index (χ1) is 9.94. The Labute approximate surface area is 133 Å². The van der Waals surface area contributed by atoms with Gasteiger partial charge in [-0.1, -0.05) is 28.8 Å². The van der Waals surface area contributed by atoms with E-state index in [1.165, 1.54) is 0 Å². The molecule has 1 aromatic carbocycles. The molecule has 1 atom stereocenters. The lowest BCUT2D eigenvalue weighted by Crippen LogP contribution is -2.69. The summed E-state index contributed by atoms with van der Waals surface area (Å²) in [4.78, 5) is 27.0. The molecule has 2 aliphatic rings. The van der Waals surface area contributed by atoms with E-state index in [1.54, 1.807) is 11.8 Å². The zero-order valence-electron chi connectivity index (χ0n) is 12.3. The Balaban J connectivity index is 2.03. The highest BCUT2D eigenvalue weighted by Crippen LogP contribution is 2.37. The van der Waals surface area contributed by atoms with Crippen molar-refractivity contribution in [2.24, 2.45) is 0 Å². The zero-order valence-corrected chi connectivity index (χ0v) is 13.9. The minimum Gasteiger partial charge on any atom is -0.340 e. The monoisotopic (exact) mass is 350 g/mol. The number of carbonyl (C=O) groups is 2. The molecular formula is C16H19BrN2O2. The summed E-state index contributed by atoms with van der Waals surface area (Å²) in [5, 5.41) is 2.98. The number of halogens is 1. The number of anilines is 1. The first-order valence-electron chi connectivity index (χ1n) is 7.36. The Kier molecular flexibility index (Phi) is 3.56. The summed E-state index contributed by atoms with van der Waals surface area (Å²) in [5.74, 6) is -0.0223. The van der Waals surface area contributed by atoms with Crippen molar-refractivity contribution < 1.29 is 9.59 Å². The van der Waals surface area contributed by atoms with Gasteiger partial charge >= 0.3 is 0 Å². The summed E-state index contributed by atoms with van der Waals surface area (Å²) in [6.45, 7) is 3.77. The highest BCUT2D eigenvalue weighted by molar-refractivity contribution is 9.10. The summed E-state index contributed by atoms with van der Waals surface area (Å²) < 4.78 is 1.00. The quantitative estimate of drug-likeness (QED) is 0.846. The van der Waals surface area contributed by atoms with Crippen molar-refractivity contribution >= 4 is 33.4 Å². The van der Waals surface area contributed by atoms with Crippen LogP contribution in [0, 0.1) is 6.92 Å². The molecule has 0 aromatic heterocycles. The highest BCUT2D eigenvalue weighted by Gasteiger charge is 2.51. The Morgan fingerprint density at radius 1 is 1.29 bits per heavy atom. The van der Waals surface area contributed by atoms with E-state index in [-0.39, 0.29) is 11.8 Å². The predicted octanol–water partition coefficient (Wildman–Crippen LogP) is 2.92. The van der Waals surface area contributed by atoms with Gasteiger partial charge in [-0.3, -0.25) is 14.5 Å². The number of aryl methyl sites for hydroxylation is 1. The number of benzene rings is 1. The van der Waals surface area contributed by atoms with E-state index in [0.717, 1.165) is 41.4 Å². The number of hydrogen-bond acceptors (Lipinski definition) is 2. The molecule has 1 saturated carbocycles. The van der Waals surface area contributed by atoms with Crippen molar-refractivity contribution in [3.8, 4) is 0 Å². The van der Waals surface area contributed by atoms with E-state index >= 15 is 0 Å². The van der Waals surface area contributed by atoms with Crippen LogP contribution in [0.3, 0.4) is 0 Å². The molecule has 1 heterocycles. The SMILES string of the molecule is Cc1cc(N2C(=O)C3(CCCC3)NC(=O)C2C)ccc1Br. The lowest BCUT2D eigenvalue weighted by Gasteiger charge is -2.43. The van der Waals surface area contributed by atoms with Gasteiger partial charge in [0.15, 0.2) is 0 Å². The Bertz CT molecular complexity index is 608. The third-order valence-corrected chi connectivity index (χ3v) is 5.52. The number of nitrogens with zero attached hydrogens (tertiary/aromatic N) is 1. The van der Waals surface area contributed by atoms with Gasteiger partial charge in [0, 0.05) is 10.2 Å². The normalized spacial score (nSPS) is 24.5. The smallest absolute Gasteiger partial charge is 0.253 e. The first-order valence-corrected chi connectivity index (χ1v) is 8.16. The van der Waals surface area contributed by atoms with E-state index in [9.17, 15) is 9.59 Å². The maximum atomic E-state index is 13.0. The molecule has 3 rings (SSSR count). The number of carbonyl (C=O) groups excluding carboxylic acids is 2. The maximum Gasteiger partial charge on any atom is 0.253 e. The second-order valence-corrected chi connectivity index (χ2v) is 6.92. The van der Waals surface area contributed by atoms with Crippen LogP contribution in [0.4, 0.5) is 5.69 Å². The predicted molar refractivity (Wildman–Crippen MR) is 85.2 cm³/mol. The van der Waals surface area contributed by atoms with Crippen molar-refractivity contribution in [3.05, 3.63) is 28.2 Å². The van der Waals surface area contributed by atoms with Gasteiger partial charge in [-0.25, -0.2) is 0 Å². The van der Waals surface area contributed by atoms with E-state index in [4.69, 9.17) is 0 Å². The van der Waals surface area contributed by atoms with Crippen molar-refractivity contribution in [1.29, 1.82) is 0 Å². The highest BCUT2D eigenvalue weighted by atomic mass is 79.9. The van der Waals surface area contributed by atoms with Gasteiger partial charge in [0.2, 0.25) is 5.91 Å². The Morgan fingerprint density at radius 3 is 2.57 bits per heavy atom. The molecule has 0 radical (unpaired) electrons. The molecule has 1 aliphatic carbocycles. The Hall–Kier alpha value is -1.36. The number of hydrogen-bond donors (Lipinski definition) is 1. The topological polar surface area (TPSA) is 49.4 Å². The standard InChI is InChI=1S/C16H19BrN2O2/c1-10-9-12(5-6-13(10)17)19-11(2)14(20)18-16(15(19)21)7-3-4-8-16/h5-6,9,11H,3-4,7-8H2,1-2H3,(H,18,20). The van der Waals surface area contributed by atoms with Gasteiger partial charge in [0.05, 0.1) is 0 Å². The average Bonchev–Trinajstić information content (AvgIpc) is 2.90. The molecule has 1 aliphatic heterocycles. The summed E-state index contributed by atoms with van der Waals surface area (Å²) in [5.41, 5.74) is 1.18. The maximum absolute atomic E-state index is 13.0. The van der Waals surface area contributed by atoms with Crippen molar-refractivity contribution in [3.63, 3.8) is 0 Å². The molecule has 1 unspecified atom stereocenters. The third-order valence-electron chi connectivity index (χ3n) is 4.63. The fourth-order valence-electron chi connectivity index (χ4n) is 3.35.